The van der Waals surface area contributed by atoms with E-state index in [4.69, 9.17) is 14.2 Å². The van der Waals surface area contributed by atoms with Gasteiger partial charge in [0.1, 0.15) is 17.6 Å². The van der Waals surface area contributed by atoms with Crippen molar-refractivity contribution in [3.05, 3.63) is 35.4 Å². The van der Waals surface area contributed by atoms with Crippen LogP contribution in [-0.2, 0) is 9.47 Å². The van der Waals surface area contributed by atoms with Crippen molar-refractivity contribution in [2.24, 2.45) is 0 Å². The van der Waals surface area contributed by atoms with E-state index in [1.54, 1.807) is 6.07 Å². The van der Waals surface area contributed by atoms with E-state index in [2.05, 4.69) is 6.92 Å². The van der Waals surface area contributed by atoms with Crippen LogP contribution in [-0.4, -0.2) is 25.3 Å². The fourth-order valence-electron chi connectivity index (χ4n) is 2.60. The number of carbonyl (C=O) groups is 1. The van der Waals surface area contributed by atoms with Gasteiger partial charge in [-0.05, 0) is 30.7 Å². The smallest absolute Gasteiger partial charge is 0.344 e. The van der Waals surface area contributed by atoms with E-state index in [9.17, 15) is 4.79 Å². The zero-order chi connectivity index (χ0) is 14.7. The lowest BCUT2D eigenvalue weighted by Gasteiger charge is -2.23. The molecule has 1 aromatic carbocycles. The third kappa shape index (κ3) is 3.10. The zero-order valence-corrected chi connectivity index (χ0v) is 12.3. The summed E-state index contributed by atoms with van der Waals surface area (Å²) in [5.74, 6) is 1.18. The van der Waals surface area contributed by atoms with Gasteiger partial charge in [-0.15, -0.1) is 0 Å². The molecule has 1 saturated heterocycles. The topological polar surface area (TPSA) is 44.8 Å². The van der Waals surface area contributed by atoms with Gasteiger partial charge in [-0.1, -0.05) is 13.3 Å². The molecule has 21 heavy (non-hydrogen) atoms. The van der Waals surface area contributed by atoms with Crippen LogP contribution in [0.25, 0.3) is 5.76 Å². The van der Waals surface area contributed by atoms with E-state index in [0.717, 1.165) is 50.2 Å². The summed E-state index contributed by atoms with van der Waals surface area (Å²) in [5, 5.41) is 0. The molecule has 4 heteroatoms. The molecule has 3 rings (SSSR count). The third-order valence-electron chi connectivity index (χ3n) is 3.77. The minimum atomic E-state index is -0.273. The lowest BCUT2D eigenvalue weighted by molar-refractivity contribution is 0.0255. The van der Waals surface area contributed by atoms with Gasteiger partial charge >= 0.3 is 5.97 Å². The number of benzene rings is 1. The van der Waals surface area contributed by atoms with Gasteiger partial charge in [-0.3, -0.25) is 0 Å². The first-order valence-electron chi connectivity index (χ1n) is 7.59. The standard InChI is InChI=1S/C17H20O4/c1-2-3-4-16-15-11-13(5-6-14(15)17(18)21-16)20-12-7-9-19-10-8-12/h4-6,11-12H,2-3,7-10H2,1H3/b16-4-. The predicted octanol–water partition coefficient (Wildman–Crippen LogP) is 3.56. The molecule has 0 bridgehead atoms. The van der Waals surface area contributed by atoms with Crippen molar-refractivity contribution in [2.45, 2.75) is 38.7 Å². The van der Waals surface area contributed by atoms with Gasteiger partial charge < -0.3 is 14.2 Å². The van der Waals surface area contributed by atoms with Gasteiger partial charge in [-0.25, -0.2) is 4.79 Å². The number of ether oxygens (including phenoxy) is 3. The highest BCUT2D eigenvalue weighted by molar-refractivity contribution is 6.03. The first kappa shape index (κ1) is 14.1. The maximum absolute atomic E-state index is 11.8. The first-order chi connectivity index (χ1) is 10.3. The molecule has 0 aliphatic carbocycles. The molecule has 0 spiro atoms. The van der Waals surface area contributed by atoms with Crippen LogP contribution >= 0.6 is 0 Å². The largest absolute Gasteiger partial charge is 0.490 e. The van der Waals surface area contributed by atoms with Crippen molar-refractivity contribution in [1.29, 1.82) is 0 Å². The summed E-state index contributed by atoms with van der Waals surface area (Å²) in [4.78, 5) is 11.8. The SMILES string of the molecule is CCC/C=C1\OC(=O)c2ccc(OC3CCOCC3)cc21. The summed E-state index contributed by atoms with van der Waals surface area (Å²) < 4.78 is 16.7. The second-order valence-electron chi connectivity index (χ2n) is 5.38. The molecular formula is C17H20O4. The maximum Gasteiger partial charge on any atom is 0.344 e. The molecule has 0 N–H and O–H groups in total. The number of hydrogen-bond donors (Lipinski definition) is 0. The number of unbranched alkanes of at least 4 members (excludes halogenated alkanes) is 1. The Morgan fingerprint density at radius 1 is 1.29 bits per heavy atom. The summed E-state index contributed by atoms with van der Waals surface area (Å²) in [6.45, 7) is 3.59. The van der Waals surface area contributed by atoms with Gasteiger partial charge in [-0.2, -0.15) is 0 Å². The number of carbonyl (C=O) groups excluding carboxylic acids is 1. The molecule has 112 valence electrons. The van der Waals surface area contributed by atoms with E-state index >= 15 is 0 Å². The van der Waals surface area contributed by atoms with Crippen LogP contribution in [0.3, 0.4) is 0 Å². The van der Waals surface area contributed by atoms with Crippen molar-refractivity contribution in [3.63, 3.8) is 0 Å². The lowest BCUT2D eigenvalue weighted by atomic mass is 10.1. The molecule has 1 fully saturated rings. The van der Waals surface area contributed by atoms with Crippen molar-refractivity contribution in [3.8, 4) is 5.75 Å². The molecule has 0 amide bonds. The Labute approximate surface area is 124 Å². The van der Waals surface area contributed by atoms with Crippen LogP contribution in [0, 0.1) is 0 Å². The zero-order valence-electron chi connectivity index (χ0n) is 12.3. The quantitative estimate of drug-likeness (QED) is 0.795. The summed E-state index contributed by atoms with van der Waals surface area (Å²) in [6.07, 6.45) is 5.90. The summed E-state index contributed by atoms with van der Waals surface area (Å²) in [6, 6.07) is 5.55. The number of esters is 1. The summed E-state index contributed by atoms with van der Waals surface area (Å²) in [5.41, 5.74) is 1.47. The van der Waals surface area contributed by atoms with Gasteiger partial charge in [0.25, 0.3) is 0 Å². The van der Waals surface area contributed by atoms with E-state index in [-0.39, 0.29) is 12.1 Å². The second kappa shape index (κ2) is 6.31. The van der Waals surface area contributed by atoms with Crippen LogP contribution in [0.2, 0.25) is 0 Å². The molecular weight excluding hydrogens is 268 g/mol. The van der Waals surface area contributed by atoms with Gasteiger partial charge in [0, 0.05) is 18.4 Å². The fourth-order valence-corrected chi connectivity index (χ4v) is 2.60. The monoisotopic (exact) mass is 288 g/mol. The molecule has 0 unspecified atom stereocenters. The Balaban J connectivity index is 1.80. The van der Waals surface area contributed by atoms with Crippen LogP contribution in [0.1, 0.15) is 48.5 Å². The summed E-state index contributed by atoms with van der Waals surface area (Å²) >= 11 is 0. The van der Waals surface area contributed by atoms with Crippen LogP contribution < -0.4 is 4.74 Å². The predicted molar refractivity (Wildman–Crippen MR) is 79.2 cm³/mol. The van der Waals surface area contributed by atoms with Crippen molar-refractivity contribution in [1.82, 2.24) is 0 Å². The Morgan fingerprint density at radius 2 is 2.10 bits per heavy atom. The molecule has 1 aromatic rings. The van der Waals surface area contributed by atoms with Crippen molar-refractivity contribution in [2.75, 3.05) is 13.2 Å². The Hall–Kier alpha value is -1.81. The maximum atomic E-state index is 11.8. The average Bonchev–Trinajstić information content (AvgIpc) is 2.82. The van der Waals surface area contributed by atoms with Crippen molar-refractivity contribution >= 4 is 11.7 Å². The molecule has 2 heterocycles. The average molecular weight is 288 g/mol. The lowest BCUT2D eigenvalue weighted by Crippen LogP contribution is -2.25. The molecule has 4 nitrogen and oxygen atoms in total. The number of allylic oxidation sites excluding steroid dienone is 1. The highest BCUT2D eigenvalue weighted by Gasteiger charge is 2.27. The fraction of sp³-hybridized carbons (Fsp3) is 0.471. The van der Waals surface area contributed by atoms with Crippen LogP contribution in [0.5, 0.6) is 5.75 Å². The highest BCUT2D eigenvalue weighted by atomic mass is 16.5. The number of cyclic esters (lactones) is 1. The first-order valence-corrected chi connectivity index (χ1v) is 7.59. The highest BCUT2D eigenvalue weighted by Crippen LogP contribution is 2.33. The number of rotatable bonds is 4. The molecule has 2 aliphatic rings. The van der Waals surface area contributed by atoms with Crippen LogP contribution in [0.4, 0.5) is 0 Å². The van der Waals surface area contributed by atoms with E-state index in [0.29, 0.717) is 11.3 Å². The molecule has 0 aromatic heterocycles. The minimum absolute atomic E-state index is 0.192. The van der Waals surface area contributed by atoms with Gasteiger partial charge in [0.05, 0.1) is 18.8 Å². The molecule has 0 saturated carbocycles. The van der Waals surface area contributed by atoms with Crippen molar-refractivity contribution < 1.29 is 19.0 Å². The normalized spacial score (nSPS) is 20.4. The summed E-state index contributed by atoms with van der Waals surface area (Å²) in [7, 11) is 0. The van der Waals surface area contributed by atoms with E-state index in [1.807, 2.05) is 18.2 Å². The Morgan fingerprint density at radius 3 is 2.86 bits per heavy atom. The van der Waals surface area contributed by atoms with Gasteiger partial charge in [0.15, 0.2) is 0 Å². The Bertz CT molecular complexity index is 556. The second-order valence-corrected chi connectivity index (χ2v) is 5.38. The Kier molecular flexibility index (Phi) is 4.25. The van der Waals surface area contributed by atoms with E-state index < -0.39 is 0 Å². The molecule has 0 atom stereocenters. The number of hydrogen-bond acceptors (Lipinski definition) is 4. The molecule has 2 aliphatic heterocycles. The van der Waals surface area contributed by atoms with E-state index in [1.165, 1.54) is 0 Å². The number of fused-ring (bicyclic) bond motifs is 1. The van der Waals surface area contributed by atoms with Crippen LogP contribution in [0.15, 0.2) is 24.3 Å². The third-order valence-corrected chi connectivity index (χ3v) is 3.77. The molecule has 0 radical (unpaired) electrons. The minimum Gasteiger partial charge on any atom is -0.490 e. The van der Waals surface area contributed by atoms with Gasteiger partial charge in [0.2, 0.25) is 0 Å².